The van der Waals surface area contributed by atoms with Crippen molar-refractivity contribution in [2.45, 2.75) is 19.5 Å². The number of oxime groups is 1. The number of nitrogens with two attached hydrogens (primary N) is 1. The highest BCUT2D eigenvalue weighted by Gasteiger charge is 2.30. The zero-order valence-electron chi connectivity index (χ0n) is 12.8. The van der Waals surface area contributed by atoms with Crippen molar-refractivity contribution in [3.63, 3.8) is 0 Å². The normalized spacial score (nSPS) is 24.0. The Kier molecular flexibility index (Phi) is 5.08. The molecule has 2 rings (SSSR count). The monoisotopic (exact) mass is 310 g/mol. The van der Waals surface area contributed by atoms with Crippen LogP contribution in [0.4, 0.5) is 0 Å². The molecule has 1 aromatic carbocycles. The van der Waals surface area contributed by atoms with Crippen LogP contribution in [0.3, 0.4) is 0 Å². The van der Waals surface area contributed by atoms with Crippen LogP contribution >= 0.6 is 11.6 Å². The molecule has 1 saturated heterocycles. The summed E-state index contributed by atoms with van der Waals surface area (Å²) in [5.41, 5.74) is 7.27. The van der Waals surface area contributed by atoms with Gasteiger partial charge in [0.05, 0.1) is 0 Å². The topological polar surface area (TPSA) is 65.1 Å². The van der Waals surface area contributed by atoms with Crippen molar-refractivity contribution in [3.05, 3.63) is 34.3 Å². The predicted octanol–water partition coefficient (Wildman–Crippen LogP) is 1.82. The fraction of sp³-hybridized carbons (Fsp3) is 0.533. The van der Waals surface area contributed by atoms with Crippen LogP contribution in [0.2, 0.25) is 5.02 Å². The quantitative estimate of drug-likeness (QED) is 0.385. The molecule has 1 heterocycles. The molecule has 6 heteroatoms. The molecular weight excluding hydrogens is 288 g/mol. The minimum absolute atomic E-state index is 0.0749. The summed E-state index contributed by atoms with van der Waals surface area (Å²) in [5, 5.41) is 12.3. The Balaban J connectivity index is 2.08. The lowest BCUT2D eigenvalue weighted by Gasteiger charge is -2.22. The summed E-state index contributed by atoms with van der Waals surface area (Å²) in [6.07, 6.45) is 0. The van der Waals surface area contributed by atoms with E-state index >= 15 is 0 Å². The Morgan fingerprint density at radius 2 is 2.19 bits per heavy atom. The molecule has 0 spiro atoms. The van der Waals surface area contributed by atoms with E-state index in [2.05, 4.69) is 36.0 Å². The Morgan fingerprint density at radius 3 is 2.71 bits per heavy atom. The fourth-order valence-corrected chi connectivity index (χ4v) is 3.22. The molecule has 1 fully saturated rings. The highest BCUT2D eigenvalue weighted by Crippen LogP contribution is 2.25. The van der Waals surface area contributed by atoms with Crippen molar-refractivity contribution in [2.24, 2.45) is 16.8 Å². The van der Waals surface area contributed by atoms with Gasteiger partial charge in [-0.1, -0.05) is 35.8 Å². The van der Waals surface area contributed by atoms with E-state index in [-0.39, 0.29) is 5.84 Å². The average Bonchev–Trinajstić information content (AvgIpc) is 2.81. The molecule has 0 saturated carbocycles. The number of hydrogen-bond acceptors (Lipinski definition) is 4. The number of amidine groups is 1. The number of nitrogens with zero attached hydrogens (tertiary/aromatic N) is 3. The SMILES string of the molecule is CC1CN(Cc2ccc(/C(N)=N/O)cc2Cl)CC1N(C)C. The van der Waals surface area contributed by atoms with Gasteiger partial charge in [-0.05, 0) is 31.6 Å². The van der Waals surface area contributed by atoms with Gasteiger partial charge in [-0.15, -0.1) is 0 Å². The molecule has 2 unspecified atom stereocenters. The van der Waals surface area contributed by atoms with Crippen LogP contribution in [0, 0.1) is 5.92 Å². The van der Waals surface area contributed by atoms with Gasteiger partial charge >= 0.3 is 0 Å². The van der Waals surface area contributed by atoms with Crippen molar-refractivity contribution >= 4 is 17.4 Å². The lowest BCUT2D eigenvalue weighted by molar-refractivity contribution is 0.250. The summed E-state index contributed by atoms with van der Waals surface area (Å²) < 4.78 is 0. The maximum Gasteiger partial charge on any atom is 0.170 e. The number of benzene rings is 1. The van der Waals surface area contributed by atoms with E-state index in [1.807, 2.05) is 12.1 Å². The van der Waals surface area contributed by atoms with Gasteiger partial charge in [0.25, 0.3) is 0 Å². The van der Waals surface area contributed by atoms with Crippen molar-refractivity contribution in [1.29, 1.82) is 0 Å². The molecule has 0 aliphatic carbocycles. The van der Waals surface area contributed by atoms with Gasteiger partial charge < -0.3 is 15.8 Å². The van der Waals surface area contributed by atoms with E-state index in [9.17, 15) is 0 Å². The summed E-state index contributed by atoms with van der Waals surface area (Å²) in [6, 6.07) is 6.11. The maximum absolute atomic E-state index is 8.70. The first-order valence-corrected chi connectivity index (χ1v) is 7.45. The lowest BCUT2D eigenvalue weighted by Crippen LogP contribution is -2.34. The zero-order valence-corrected chi connectivity index (χ0v) is 13.5. The smallest absolute Gasteiger partial charge is 0.170 e. The van der Waals surface area contributed by atoms with Crippen LogP contribution in [0.5, 0.6) is 0 Å². The second-order valence-corrected chi connectivity index (χ2v) is 6.40. The van der Waals surface area contributed by atoms with Gasteiger partial charge in [0, 0.05) is 36.3 Å². The highest BCUT2D eigenvalue weighted by molar-refractivity contribution is 6.31. The molecule has 2 atom stereocenters. The number of likely N-dealkylation sites (tertiary alicyclic amines) is 1. The van der Waals surface area contributed by atoms with Crippen LogP contribution in [-0.4, -0.2) is 54.1 Å². The summed E-state index contributed by atoms with van der Waals surface area (Å²) in [7, 11) is 4.26. The number of halogens is 1. The zero-order chi connectivity index (χ0) is 15.6. The summed E-state index contributed by atoms with van der Waals surface area (Å²) in [5.74, 6) is 0.723. The van der Waals surface area contributed by atoms with E-state index in [0.29, 0.717) is 22.5 Å². The van der Waals surface area contributed by atoms with E-state index in [1.165, 1.54) is 0 Å². The third kappa shape index (κ3) is 3.67. The fourth-order valence-electron chi connectivity index (χ4n) is 2.98. The third-order valence-corrected chi connectivity index (χ3v) is 4.51. The molecule has 5 nitrogen and oxygen atoms in total. The van der Waals surface area contributed by atoms with Crippen LogP contribution < -0.4 is 5.73 Å². The van der Waals surface area contributed by atoms with Crippen LogP contribution in [0.25, 0.3) is 0 Å². The first-order chi connectivity index (χ1) is 9.92. The van der Waals surface area contributed by atoms with E-state index in [0.717, 1.165) is 25.2 Å². The maximum atomic E-state index is 8.70. The molecular formula is C15H23ClN4O. The Labute approximate surface area is 131 Å². The van der Waals surface area contributed by atoms with E-state index < -0.39 is 0 Å². The third-order valence-electron chi connectivity index (χ3n) is 4.16. The van der Waals surface area contributed by atoms with Gasteiger partial charge in [-0.2, -0.15) is 0 Å². The molecule has 116 valence electrons. The first kappa shape index (κ1) is 16.1. The van der Waals surface area contributed by atoms with E-state index in [1.54, 1.807) is 6.07 Å². The minimum Gasteiger partial charge on any atom is -0.409 e. The second kappa shape index (κ2) is 6.64. The molecule has 21 heavy (non-hydrogen) atoms. The molecule has 0 radical (unpaired) electrons. The van der Waals surface area contributed by atoms with Crippen molar-refractivity contribution < 1.29 is 5.21 Å². The largest absolute Gasteiger partial charge is 0.409 e. The molecule has 1 aliphatic heterocycles. The Morgan fingerprint density at radius 1 is 1.48 bits per heavy atom. The highest BCUT2D eigenvalue weighted by atomic mass is 35.5. The van der Waals surface area contributed by atoms with Crippen LogP contribution in [-0.2, 0) is 6.54 Å². The van der Waals surface area contributed by atoms with Gasteiger partial charge in [0.1, 0.15) is 0 Å². The Hall–Kier alpha value is -1.30. The van der Waals surface area contributed by atoms with Crippen molar-refractivity contribution in [3.8, 4) is 0 Å². The first-order valence-electron chi connectivity index (χ1n) is 7.07. The summed E-state index contributed by atoms with van der Waals surface area (Å²) in [6.45, 7) is 5.23. The van der Waals surface area contributed by atoms with Crippen LogP contribution in [0.1, 0.15) is 18.1 Å². The van der Waals surface area contributed by atoms with Gasteiger partial charge in [-0.25, -0.2) is 0 Å². The molecule has 3 N–H and O–H groups in total. The number of likely N-dealkylation sites (N-methyl/N-ethyl adjacent to an activating group) is 1. The summed E-state index contributed by atoms with van der Waals surface area (Å²) in [4.78, 5) is 4.70. The lowest BCUT2D eigenvalue weighted by atomic mass is 10.1. The van der Waals surface area contributed by atoms with E-state index in [4.69, 9.17) is 22.5 Å². The number of hydrogen-bond donors (Lipinski definition) is 2. The van der Waals surface area contributed by atoms with Gasteiger partial charge in [0.2, 0.25) is 0 Å². The number of rotatable bonds is 4. The molecule has 0 aromatic heterocycles. The average molecular weight is 311 g/mol. The molecule has 0 amide bonds. The predicted molar refractivity (Wildman–Crippen MR) is 85.9 cm³/mol. The molecule has 1 aromatic rings. The second-order valence-electron chi connectivity index (χ2n) is 5.99. The van der Waals surface area contributed by atoms with Gasteiger partial charge in [-0.3, -0.25) is 4.90 Å². The summed E-state index contributed by atoms with van der Waals surface area (Å²) >= 11 is 6.31. The van der Waals surface area contributed by atoms with Crippen molar-refractivity contribution in [2.75, 3.05) is 27.2 Å². The van der Waals surface area contributed by atoms with Gasteiger partial charge in [0.15, 0.2) is 5.84 Å². The van der Waals surface area contributed by atoms with Crippen LogP contribution in [0.15, 0.2) is 23.4 Å². The minimum atomic E-state index is 0.0749. The molecule has 1 aliphatic rings. The Bertz CT molecular complexity index is 532. The standard InChI is InChI=1S/C15H23ClN4O/c1-10-7-20(9-14(10)19(2)3)8-12-5-4-11(6-13(12)16)15(17)18-21/h4-6,10,14,21H,7-9H2,1-3H3,(H2,17,18). The molecule has 0 bridgehead atoms. The van der Waals surface area contributed by atoms with Crippen molar-refractivity contribution in [1.82, 2.24) is 9.80 Å².